The van der Waals surface area contributed by atoms with Gasteiger partial charge in [-0.3, -0.25) is 14.6 Å². The van der Waals surface area contributed by atoms with Crippen molar-refractivity contribution < 1.29 is 23.8 Å². The second-order valence-corrected chi connectivity index (χ2v) is 7.90. The van der Waals surface area contributed by atoms with E-state index in [4.69, 9.17) is 9.15 Å². The molecule has 1 amide bonds. The van der Waals surface area contributed by atoms with Crippen LogP contribution in [0.4, 0.5) is 0 Å². The molecule has 1 aromatic carbocycles. The maximum absolute atomic E-state index is 13.1. The third kappa shape index (κ3) is 3.77. The van der Waals surface area contributed by atoms with E-state index in [0.29, 0.717) is 22.6 Å². The summed E-state index contributed by atoms with van der Waals surface area (Å²) in [5.74, 6) is -0.318. The molecule has 1 aliphatic rings. The van der Waals surface area contributed by atoms with Gasteiger partial charge in [-0.2, -0.15) is 0 Å². The lowest BCUT2D eigenvalue weighted by molar-refractivity contribution is -0.140. The highest BCUT2D eigenvalue weighted by Gasteiger charge is 2.46. The van der Waals surface area contributed by atoms with Gasteiger partial charge in [-0.05, 0) is 53.4 Å². The molecule has 0 spiro atoms. The Balaban J connectivity index is 1.87. The Morgan fingerprint density at radius 2 is 2.03 bits per heavy atom. The second-order valence-electron chi connectivity index (χ2n) is 7.90. The molecule has 1 saturated heterocycles. The topological polar surface area (TPSA) is 92.9 Å². The number of furan rings is 1. The SMILES string of the molecule is COc1ccc(/C(O)=C2/C(=O)C(=O)N(Cc3ccco3)C2c2cccnc2)cc1C(C)C. The predicted molar refractivity (Wildman–Crippen MR) is 118 cm³/mol. The molecule has 164 valence electrons. The van der Waals surface area contributed by atoms with Crippen molar-refractivity contribution in [2.45, 2.75) is 32.4 Å². The van der Waals surface area contributed by atoms with Crippen molar-refractivity contribution in [1.82, 2.24) is 9.88 Å². The van der Waals surface area contributed by atoms with E-state index in [-0.39, 0.29) is 23.8 Å². The number of Topliss-reactive ketones (excluding diaryl/α,β-unsaturated/α-hetero) is 1. The summed E-state index contributed by atoms with van der Waals surface area (Å²) in [6.07, 6.45) is 4.71. The number of ether oxygens (including phenoxy) is 1. The molecule has 0 aliphatic carbocycles. The molecule has 7 nitrogen and oxygen atoms in total. The number of methoxy groups -OCH3 is 1. The fourth-order valence-corrected chi connectivity index (χ4v) is 3.99. The number of aliphatic hydroxyl groups excluding tert-OH is 1. The highest BCUT2D eigenvalue weighted by molar-refractivity contribution is 6.46. The van der Waals surface area contributed by atoms with Gasteiger partial charge in [0.15, 0.2) is 0 Å². The van der Waals surface area contributed by atoms with Crippen LogP contribution in [0, 0.1) is 0 Å². The van der Waals surface area contributed by atoms with Gasteiger partial charge in [0, 0.05) is 18.0 Å². The number of aliphatic hydroxyl groups is 1. The molecule has 1 fully saturated rings. The number of hydrogen-bond acceptors (Lipinski definition) is 6. The number of pyridine rings is 1. The number of carbonyl (C=O) groups excluding carboxylic acids is 2. The highest BCUT2D eigenvalue weighted by Crippen LogP contribution is 2.41. The molecule has 1 N–H and O–H groups in total. The van der Waals surface area contributed by atoms with Crippen molar-refractivity contribution in [3.63, 3.8) is 0 Å². The molecule has 1 unspecified atom stereocenters. The molecule has 1 aliphatic heterocycles. The molecule has 0 radical (unpaired) electrons. The number of ketones is 1. The van der Waals surface area contributed by atoms with Crippen molar-refractivity contribution in [3.05, 3.63) is 89.1 Å². The molecule has 0 bridgehead atoms. The van der Waals surface area contributed by atoms with Gasteiger partial charge in [-0.25, -0.2) is 0 Å². The number of rotatable bonds is 6. The fraction of sp³-hybridized carbons (Fsp3) is 0.240. The van der Waals surface area contributed by atoms with Crippen molar-refractivity contribution in [2.75, 3.05) is 7.11 Å². The molecule has 4 rings (SSSR count). The zero-order valence-corrected chi connectivity index (χ0v) is 18.1. The summed E-state index contributed by atoms with van der Waals surface area (Å²) < 4.78 is 10.8. The van der Waals surface area contributed by atoms with Crippen LogP contribution in [0.15, 0.2) is 71.1 Å². The van der Waals surface area contributed by atoms with Gasteiger partial charge < -0.3 is 19.2 Å². The molecule has 0 saturated carbocycles. The Bertz CT molecular complexity index is 1170. The molecular weight excluding hydrogens is 408 g/mol. The summed E-state index contributed by atoms with van der Waals surface area (Å²) in [5.41, 5.74) is 1.98. The zero-order chi connectivity index (χ0) is 22.8. The Morgan fingerprint density at radius 3 is 2.66 bits per heavy atom. The van der Waals surface area contributed by atoms with E-state index in [2.05, 4.69) is 4.98 Å². The first kappa shape index (κ1) is 21.4. The van der Waals surface area contributed by atoms with Crippen molar-refractivity contribution in [2.24, 2.45) is 0 Å². The largest absolute Gasteiger partial charge is 0.507 e. The smallest absolute Gasteiger partial charge is 0.296 e. The lowest BCUT2D eigenvalue weighted by Gasteiger charge is -2.24. The van der Waals surface area contributed by atoms with Gasteiger partial charge in [0.2, 0.25) is 0 Å². The Hall–Kier alpha value is -3.87. The fourth-order valence-electron chi connectivity index (χ4n) is 3.99. The van der Waals surface area contributed by atoms with E-state index in [9.17, 15) is 14.7 Å². The molecule has 3 heterocycles. The Labute approximate surface area is 186 Å². The van der Waals surface area contributed by atoms with E-state index >= 15 is 0 Å². The predicted octanol–water partition coefficient (Wildman–Crippen LogP) is 4.43. The molecular formula is C25H24N2O5. The van der Waals surface area contributed by atoms with E-state index in [1.807, 2.05) is 13.8 Å². The van der Waals surface area contributed by atoms with Crippen LogP contribution in [-0.2, 0) is 16.1 Å². The van der Waals surface area contributed by atoms with E-state index in [1.54, 1.807) is 62.0 Å². The summed E-state index contributed by atoms with van der Waals surface area (Å²) in [7, 11) is 1.59. The summed E-state index contributed by atoms with van der Waals surface area (Å²) >= 11 is 0. The van der Waals surface area contributed by atoms with Crippen molar-refractivity contribution >= 4 is 17.4 Å². The Morgan fingerprint density at radius 1 is 1.22 bits per heavy atom. The first-order valence-corrected chi connectivity index (χ1v) is 10.3. The number of amides is 1. The van der Waals surface area contributed by atoms with Crippen LogP contribution in [-0.4, -0.2) is 33.8 Å². The van der Waals surface area contributed by atoms with Crippen LogP contribution in [0.3, 0.4) is 0 Å². The number of benzene rings is 1. The third-order valence-electron chi connectivity index (χ3n) is 5.57. The van der Waals surface area contributed by atoms with Gasteiger partial charge in [0.25, 0.3) is 11.7 Å². The number of hydrogen-bond donors (Lipinski definition) is 1. The highest BCUT2D eigenvalue weighted by atomic mass is 16.5. The van der Waals surface area contributed by atoms with Crippen molar-refractivity contribution in [3.8, 4) is 5.75 Å². The normalized spacial score (nSPS) is 17.9. The standard InChI is InChI=1S/C25H24N2O5/c1-15(2)19-12-16(8-9-20(19)31-3)23(28)21-22(17-6-4-10-26-13-17)27(25(30)24(21)29)14-18-7-5-11-32-18/h4-13,15,22,28H,14H2,1-3H3/b23-21-. The number of nitrogens with zero attached hydrogens (tertiary/aromatic N) is 2. The monoisotopic (exact) mass is 432 g/mol. The maximum Gasteiger partial charge on any atom is 0.296 e. The van der Waals surface area contributed by atoms with Crippen molar-refractivity contribution in [1.29, 1.82) is 0 Å². The van der Waals surface area contributed by atoms with Crippen LogP contribution >= 0.6 is 0 Å². The lowest BCUT2D eigenvalue weighted by atomic mass is 9.93. The minimum Gasteiger partial charge on any atom is -0.507 e. The quantitative estimate of drug-likeness (QED) is 0.352. The first-order valence-electron chi connectivity index (χ1n) is 10.3. The average molecular weight is 432 g/mol. The van der Waals surface area contributed by atoms with Gasteiger partial charge >= 0.3 is 0 Å². The zero-order valence-electron chi connectivity index (χ0n) is 18.1. The number of carbonyl (C=O) groups is 2. The van der Waals surface area contributed by atoms with Crippen LogP contribution in [0.5, 0.6) is 5.75 Å². The summed E-state index contributed by atoms with van der Waals surface area (Å²) in [4.78, 5) is 31.6. The van der Waals surface area contributed by atoms with Gasteiger partial charge in [-0.1, -0.05) is 19.9 Å². The van der Waals surface area contributed by atoms with E-state index in [0.717, 1.165) is 5.56 Å². The molecule has 7 heteroatoms. The maximum atomic E-state index is 13.1. The molecule has 3 aromatic rings. The van der Waals surface area contributed by atoms with Crippen LogP contribution in [0.25, 0.3) is 5.76 Å². The van der Waals surface area contributed by atoms with E-state index in [1.165, 1.54) is 11.2 Å². The second kappa shape index (κ2) is 8.70. The van der Waals surface area contributed by atoms with Gasteiger partial charge in [-0.15, -0.1) is 0 Å². The van der Waals surface area contributed by atoms with Gasteiger partial charge in [0.05, 0.1) is 31.5 Å². The van der Waals surface area contributed by atoms with Crippen LogP contribution in [0.2, 0.25) is 0 Å². The lowest BCUT2D eigenvalue weighted by Crippen LogP contribution is -2.29. The Kier molecular flexibility index (Phi) is 5.81. The van der Waals surface area contributed by atoms with Crippen LogP contribution < -0.4 is 4.74 Å². The van der Waals surface area contributed by atoms with Gasteiger partial charge in [0.1, 0.15) is 17.3 Å². The minimum absolute atomic E-state index is 0.0226. The number of likely N-dealkylation sites (tertiary alicyclic amines) is 1. The first-order chi connectivity index (χ1) is 15.4. The average Bonchev–Trinajstić information content (AvgIpc) is 3.41. The minimum atomic E-state index is -0.793. The van der Waals surface area contributed by atoms with Crippen LogP contribution in [0.1, 0.15) is 48.3 Å². The summed E-state index contributed by atoms with van der Waals surface area (Å²) in [6, 6.07) is 11.4. The number of aromatic nitrogens is 1. The molecule has 32 heavy (non-hydrogen) atoms. The van der Waals surface area contributed by atoms with E-state index < -0.39 is 17.7 Å². The summed E-state index contributed by atoms with van der Waals surface area (Å²) in [6.45, 7) is 4.12. The third-order valence-corrected chi connectivity index (χ3v) is 5.57. The summed E-state index contributed by atoms with van der Waals surface area (Å²) in [5, 5.41) is 11.2. The molecule has 1 atom stereocenters. The molecule has 2 aromatic heterocycles.